The van der Waals surface area contributed by atoms with Crippen molar-refractivity contribution in [1.82, 2.24) is 0 Å². The van der Waals surface area contributed by atoms with E-state index in [1.165, 1.54) is 89.9 Å². The van der Waals surface area contributed by atoms with Crippen LogP contribution in [0.2, 0.25) is 0 Å². The molecule has 6 unspecified atom stereocenters. The van der Waals surface area contributed by atoms with Crippen LogP contribution in [0.5, 0.6) is 0 Å². The molecule has 2 nitrogen and oxygen atoms in total. The van der Waals surface area contributed by atoms with Crippen LogP contribution in [0.1, 0.15) is 131 Å². The summed E-state index contributed by atoms with van der Waals surface area (Å²) in [7, 11) is 0. The van der Waals surface area contributed by atoms with Crippen molar-refractivity contribution in [3.05, 3.63) is 0 Å². The van der Waals surface area contributed by atoms with Gasteiger partial charge in [-0.25, -0.2) is 0 Å². The van der Waals surface area contributed by atoms with Gasteiger partial charge in [0.25, 0.3) is 0 Å². The summed E-state index contributed by atoms with van der Waals surface area (Å²) in [6.45, 7) is 14.9. The first kappa shape index (κ1) is 26.0. The molecule has 6 atom stereocenters. The lowest BCUT2D eigenvalue weighted by Crippen LogP contribution is -2.40. The maximum Gasteiger partial charge on any atom is 0.0581 e. The van der Waals surface area contributed by atoms with Crippen molar-refractivity contribution in [3.63, 3.8) is 0 Å². The third-order valence-electron chi connectivity index (χ3n) is 11.3. The summed E-state index contributed by atoms with van der Waals surface area (Å²) in [4.78, 5) is 0. The molecule has 0 bridgehead atoms. The van der Waals surface area contributed by atoms with Gasteiger partial charge in [-0.05, 0) is 131 Å². The lowest BCUT2D eigenvalue weighted by molar-refractivity contribution is -0.0875. The van der Waals surface area contributed by atoms with E-state index in [1.54, 1.807) is 0 Å². The minimum atomic E-state index is 0.472. The molecule has 0 amide bonds. The van der Waals surface area contributed by atoms with Crippen LogP contribution in [0, 0.1) is 40.9 Å². The van der Waals surface area contributed by atoms with Gasteiger partial charge in [-0.2, -0.15) is 0 Å². The van der Waals surface area contributed by atoms with Crippen LogP contribution in [-0.2, 0) is 9.47 Å². The molecule has 4 fully saturated rings. The van der Waals surface area contributed by atoms with Crippen LogP contribution in [0.3, 0.4) is 0 Å². The van der Waals surface area contributed by atoms with Crippen LogP contribution in [-0.4, -0.2) is 24.4 Å². The zero-order valence-electron chi connectivity index (χ0n) is 23.0. The summed E-state index contributed by atoms with van der Waals surface area (Å²) in [5, 5.41) is 0. The topological polar surface area (TPSA) is 18.5 Å². The molecule has 0 saturated heterocycles. The Labute approximate surface area is 206 Å². The standard InChI is InChI=1S/C31H56O2/c1-21-7-13-29(19-23(21)3)32-27-15-9-25(10-16-27)31(5,6)26-11-17-28(18-12-26)33-30-14-8-22(2)24(4)20-30/h21-30H,7-20H2,1-6H3. The summed E-state index contributed by atoms with van der Waals surface area (Å²) >= 11 is 0. The van der Waals surface area contributed by atoms with Crippen molar-refractivity contribution < 1.29 is 9.47 Å². The van der Waals surface area contributed by atoms with Crippen LogP contribution in [0.15, 0.2) is 0 Å². The molecule has 0 aromatic carbocycles. The van der Waals surface area contributed by atoms with Gasteiger partial charge in [0.05, 0.1) is 24.4 Å². The molecule has 0 radical (unpaired) electrons. The minimum Gasteiger partial charge on any atom is -0.375 e. The second-order valence-electron chi connectivity index (χ2n) is 13.8. The molecule has 0 N–H and O–H groups in total. The summed E-state index contributed by atoms with van der Waals surface area (Å²) < 4.78 is 13.3. The first-order chi connectivity index (χ1) is 15.7. The van der Waals surface area contributed by atoms with E-state index in [1.807, 2.05) is 0 Å². The maximum absolute atomic E-state index is 6.64. The van der Waals surface area contributed by atoms with Gasteiger partial charge in [0.15, 0.2) is 0 Å². The Hall–Kier alpha value is -0.0800. The normalized spacial score (nSPS) is 45.6. The van der Waals surface area contributed by atoms with E-state index in [-0.39, 0.29) is 0 Å². The largest absolute Gasteiger partial charge is 0.375 e. The average molecular weight is 461 g/mol. The van der Waals surface area contributed by atoms with E-state index in [0.717, 1.165) is 35.5 Å². The van der Waals surface area contributed by atoms with E-state index in [9.17, 15) is 0 Å². The highest BCUT2D eigenvalue weighted by molar-refractivity contribution is 4.92. The van der Waals surface area contributed by atoms with E-state index >= 15 is 0 Å². The van der Waals surface area contributed by atoms with E-state index < -0.39 is 0 Å². The van der Waals surface area contributed by atoms with Gasteiger partial charge in [-0.15, -0.1) is 0 Å². The second kappa shape index (κ2) is 11.3. The summed E-state index contributed by atoms with van der Waals surface area (Å²) in [5.74, 6) is 5.21. The van der Waals surface area contributed by atoms with Gasteiger partial charge < -0.3 is 9.47 Å². The van der Waals surface area contributed by atoms with Gasteiger partial charge in [0.2, 0.25) is 0 Å². The lowest BCUT2D eigenvalue weighted by atomic mass is 9.60. The smallest absolute Gasteiger partial charge is 0.0581 e. The fourth-order valence-electron chi connectivity index (χ4n) is 8.01. The Morgan fingerprint density at radius 1 is 0.424 bits per heavy atom. The van der Waals surface area contributed by atoms with Gasteiger partial charge >= 0.3 is 0 Å². The summed E-state index contributed by atoms with van der Waals surface area (Å²) in [5.41, 5.74) is 0.472. The van der Waals surface area contributed by atoms with Crippen molar-refractivity contribution >= 4 is 0 Å². The molecular weight excluding hydrogens is 404 g/mol. The highest BCUT2D eigenvalue weighted by atomic mass is 16.5. The fraction of sp³-hybridized carbons (Fsp3) is 1.00. The molecule has 192 valence electrons. The number of hydrogen-bond acceptors (Lipinski definition) is 2. The highest BCUT2D eigenvalue weighted by Crippen LogP contribution is 2.49. The Morgan fingerprint density at radius 2 is 0.758 bits per heavy atom. The quantitative estimate of drug-likeness (QED) is 0.394. The molecule has 0 heterocycles. The SMILES string of the molecule is CC1CCC(OC2CCC(C(C)(C)C3CCC(OC4CCC(C)C(C)C4)CC3)CC2)CC1C. The molecule has 0 aromatic heterocycles. The van der Waals surface area contributed by atoms with Crippen molar-refractivity contribution in [2.75, 3.05) is 0 Å². The fourth-order valence-corrected chi connectivity index (χ4v) is 8.01. The molecule has 0 spiro atoms. The van der Waals surface area contributed by atoms with Crippen molar-refractivity contribution in [2.45, 2.75) is 156 Å². The van der Waals surface area contributed by atoms with Crippen molar-refractivity contribution in [2.24, 2.45) is 40.9 Å². The van der Waals surface area contributed by atoms with Crippen molar-refractivity contribution in [3.8, 4) is 0 Å². The van der Waals surface area contributed by atoms with Crippen LogP contribution in [0.4, 0.5) is 0 Å². The average Bonchev–Trinajstić information content (AvgIpc) is 2.80. The molecule has 33 heavy (non-hydrogen) atoms. The Kier molecular flexibility index (Phi) is 8.92. The Balaban J connectivity index is 1.18. The molecule has 4 rings (SSSR count). The minimum absolute atomic E-state index is 0.472. The summed E-state index contributed by atoms with van der Waals surface area (Å²) in [6.07, 6.45) is 20.7. The molecule has 0 aliphatic heterocycles. The number of ether oxygens (including phenoxy) is 2. The van der Waals surface area contributed by atoms with E-state index in [4.69, 9.17) is 9.47 Å². The van der Waals surface area contributed by atoms with Crippen LogP contribution >= 0.6 is 0 Å². The van der Waals surface area contributed by atoms with Crippen LogP contribution in [0.25, 0.3) is 0 Å². The van der Waals surface area contributed by atoms with Gasteiger partial charge in [-0.3, -0.25) is 0 Å². The monoisotopic (exact) mass is 460 g/mol. The second-order valence-corrected chi connectivity index (χ2v) is 13.8. The van der Waals surface area contributed by atoms with Gasteiger partial charge in [0.1, 0.15) is 0 Å². The van der Waals surface area contributed by atoms with Gasteiger partial charge in [-0.1, -0.05) is 41.5 Å². The lowest BCUT2D eigenvalue weighted by Gasteiger charge is -2.47. The molecule has 4 aliphatic rings. The van der Waals surface area contributed by atoms with E-state index in [2.05, 4.69) is 41.5 Å². The zero-order chi connectivity index (χ0) is 23.6. The van der Waals surface area contributed by atoms with Crippen molar-refractivity contribution in [1.29, 1.82) is 0 Å². The number of hydrogen-bond donors (Lipinski definition) is 0. The summed E-state index contributed by atoms with van der Waals surface area (Å²) in [6, 6.07) is 0. The Morgan fingerprint density at radius 3 is 1.09 bits per heavy atom. The molecule has 2 heteroatoms. The zero-order valence-corrected chi connectivity index (χ0v) is 23.0. The third-order valence-corrected chi connectivity index (χ3v) is 11.3. The highest BCUT2D eigenvalue weighted by Gasteiger charge is 2.41. The molecular formula is C31H56O2. The number of rotatable bonds is 6. The first-order valence-electron chi connectivity index (χ1n) is 15.0. The Bertz CT molecular complexity index is 534. The third kappa shape index (κ3) is 6.58. The predicted molar refractivity (Wildman–Crippen MR) is 139 cm³/mol. The van der Waals surface area contributed by atoms with Gasteiger partial charge in [0, 0.05) is 0 Å². The molecule has 4 aliphatic carbocycles. The first-order valence-corrected chi connectivity index (χ1v) is 15.0. The maximum atomic E-state index is 6.64. The van der Waals surface area contributed by atoms with Crippen LogP contribution < -0.4 is 0 Å². The predicted octanol–water partition coefficient (Wildman–Crippen LogP) is 8.81. The molecule has 4 saturated carbocycles. The van der Waals surface area contributed by atoms with E-state index in [0.29, 0.717) is 29.8 Å². The molecule has 0 aromatic rings.